The topological polar surface area (TPSA) is 35.5 Å². The maximum Gasteiger partial charge on any atom is 0.347 e. The van der Waals surface area contributed by atoms with Gasteiger partial charge >= 0.3 is 5.97 Å². The molecule has 0 radical (unpaired) electrons. The molecular weight excluding hydrogens is 284 g/mol. The van der Waals surface area contributed by atoms with Gasteiger partial charge in [-0.15, -0.1) is 0 Å². The maximum absolute atomic E-state index is 11.5. The predicted molar refractivity (Wildman–Crippen MR) is 70.1 cm³/mol. The van der Waals surface area contributed by atoms with Crippen molar-refractivity contribution in [2.24, 2.45) is 0 Å². The number of hydrogen-bond acceptors (Lipinski definition) is 3. The molecule has 0 fully saturated rings. The molecule has 94 valence electrons. The van der Waals surface area contributed by atoms with Crippen molar-refractivity contribution >= 4 is 21.9 Å². The van der Waals surface area contributed by atoms with Gasteiger partial charge in [0.1, 0.15) is 5.75 Å². The Morgan fingerprint density at radius 1 is 1.35 bits per heavy atom. The average Bonchev–Trinajstić information content (AvgIpc) is 2.32. The molecule has 4 heteroatoms. The van der Waals surface area contributed by atoms with E-state index >= 15 is 0 Å². The van der Waals surface area contributed by atoms with Crippen LogP contribution in [0.15, 0.2) is 28.7 Å². The van der Waals surface area contributed by atoms with Gasteiger partial charge in [-0.3, -0.25) is 0 Å². The molecule has 0 bridgehead atoms. The van der Waals surface area contributed by atoms with E-state index in [2.05, 4.69) is 22.9 Å². The van der Waals surface area contributed by atoms with E-state index in [0.29, 0.717) is 12.4 Å². The van der Waals surface area contributed by atoms with Gasteiger partial charge in [0.05, 0.1) is 6.61 Å². The summed E-state index contributed by atoms with van der Waals surface area (Å²) in [6, 6.07) is 7.34. The van der Waals surface area contributed by atoms with Crippen LogP contribution < -0.4 is 4.74 Å². The highest BCUT2D eigenvalue weighted by molar-refractivity contribution is 9.10. The Morgan fingerprint density at radius 3 is 2.59 bits per heavy atom. The summed E-state index contributed by atoms with van der Waals surface area (Å²) in [4.78, 5) is 11.5. The lowest BCUT2D eigenvalue weighted by molar-refractivity contribution is -0.151. The van der Waals surface area contributed by atoms with Gasteiger partial charge < -0.3 is 9.47 Å². The summed E-state index contributed by atoms with van der Waals surface area (Å²) in [6.45, 7) is 4.20. The van der Waals surface area contributed by atoms with Crippen molar-refractivity contribution in [3.8, 4) is 5.75 Å². The molecule has 3 nitrogen and oxygen atoms in total. The minimum Gasteiger partial charge on any atom is -0.479 e. The number of halogens is 1. The molecular formula is C13H17BrO3. The molecule has 0 aliphatic carbocycles. The molecule has 0 saturated carbocycles. The summed E-state index contributed by atoms with van der Waals surface area (Å²) in [7, 11) is 0. The van der Waals surface area contributed by atoms with Crippen LogP contribution in [0, 0.1) is 0 Å². The van der Waals surface area contributed by atoms with Crippen LogP contribution in [0.1, 0.15) is 26.7 Å². The molecule has 1 atom stereocenters. The largest absolute Gasteiger partial charge is 0.479 e. The third-order valence-electron chi connectivity index (χ3n) is 2.20. The van der Waals surface area contributed by atoms with Crippen molar-refractivity contribution in [1.29, 1.82) is 0 Å². The first-order chi connectivity index (χ1) is 8.13. The van der Waals surface area contributed by atoms with Crippen molar-refractivity contribution < 1.29 is 14.3 Å². The van der Waals surface area contributed by atoms with Gasteiger partial charge in [-0.2, -0.15) is 0 Å². The van der Waals surface area contributed by atoms with Gasteiger partial charge in [0.15, 0.2) is 6.10 Å². The summed E-state index contributed by atoms with van der Waals surface area (Å²) in [5, 5.41) is 0. The molecule has 0 aromatic heterocycles. The van der Waals surface area contributed by atoms with Crippen molar-refractivity contribution in [2.45, 2.75) is 32.8 Å². The number of unbranched alkanes of at least 4 members (excludes halogenated alkanes) is 1. The number of carbonyl (C=O) groups is 1. The summed E-state index contributed by atoms with van der Waals surface area (Å²) >= 11 is 3.34. The number of carbonyl (C=O) groups excluding carboxylic acids is 1. The van der Waals surface area contributed by atoms with E-state index in [-0.39, 0.29) is 5.97 Å². The molecule has 0 saturated heterocycles. The first-order valence-corrected chi connectivity index (χ1v) is 6.51. The van der Waals surface area contributed by atoms with Crippen molar-refractivity contribution in [2.75, 3.05) is 6.61 Å². The summed E-state index contributed by atoms with van der Waals surface area (Å²) in [5.41, 5.74) is 0. The van der Waals surface area contributed by atoms with E-state index in [1.165, 1.54) is 0 Å². The Bertz CT molecular complexity index is 348. The van der Waals surface area contributed by atoms with E-state index in [1.807, 2.05) is 12.1 Å². The van der Waals surface area contributed by atoms with Crippen LogP contribution in [-0.4, -0.2) is 18.7 Å². The molecule has 0 spiro atoms. The van der Waals surface area contributed by atoms with E-state index in [0.717, 1.165) is 17.3 Å². The zero-order valence-corrected chi connectivity index (χ0v) is 11.7. The van der Waals surface area contributed by atoms with E-state index in [1.54, 1.807) is 19.1 Å². The first kappa shape index (κ1) is 14.0. The van der Waals surface area contributed by atoms with Gasteiger partial charge in [-0.05, 0) is 37.6 Å². The van der Waals surface area contributed by atoms with Crippen molar-refractivity contribution in [3.05, 3.63) is 28.7 Å². The highest BCUT2D eigenvalue weighted by Crippen LogP contribution is 2.17. The Labute approximate surface area is 110 Å². The van der Waals surface area contributed by atoms with Crippen LogP contribution in [0.25, 0.3) is 0 Å². The Balaban J connectivity index is 2.40. The van der Waals surface area contributed by atoms with E-state index in [9.17, 15) is 4.79 Å². The summed E-state index contributed by atoms with van der Waals surface area (Å²) in [5.74, 6) is 0.342. The first-order valence-electron chi connectivity index (χ1n) is 5.72. The van der Waals surface area contributed by atoms with Gasteiger partial charge in [-0.25, -0.2) is 4.79 Å². The third kappa shape index (κ3) is 5.22. The Hall–Kier alpha value is -1.03. The van der Waals surface area contributed by atoms with E-state index in [4.69, 9.17) is 9.47 Å². The fourth-order valence-electron chi connectivity index (χ4n) is 1.20. The second-order valence-electron chi connectivity index (χ2n) is 3.74. The average molecular weight is 301 g/mol. The highest BCUT2D eigenvalue weighted by Gasteiger charge is 2.15. The van der Waals surface area contributed by atoms with Crippen molar-refractivity contribution in [1.82, 2.24) is 0 Å². The third-order valence-corrected chi connectivity index (χ3v) is 2.73. The molecule has 1 unspecified atom stereocenters. The fourth-order valence-corrected chi connectivity index (χ4v) is 1.46. The molecule has 0 aliphatic rings. The zero-order chi connectivity index (χ0) is 12.7. The van der Waals surface area contributed by atoms with Gasteiger partial charge in [0.2, 0.25) is 0 Å². The van der Waals surface area contributed by atoms with Crippen molar-refractivity contribution in [3.63, 3.8) is 0 Å². The van der Waals surface area contributed by atoms with Gasteiger partial charge in [0.25, 0.3) is 0 Å². The lowest BCUT2D eigenvalue weighted by Crippen LogP contribution is -2.26. The Morgan fingerprint density at radius 2 is 2.00 bits per heavy atom. The monoisotopic (exact) mass is 300 g/mol. The SMILES string of the molecule is CCCCOC(=O)C(C)Oc1ccc(Br)cc1. The number of esters is 1. The van der Waals surface area contributed by atoms with Crippen LogP contribution in [-0.2, 0) is 9.53 Å². The molecule has 0 N–H and O–H groups in total. The molecule has 1 aromatic carbocycles. The van der Waals surface area contributed by atoms with Gasteiger partial charge in [-0.1, -0.05) is 29.3 Å². The molecule has 0 amide bonds. The highest BCUT2D eigenvalue weighted by atomic mass is 79.9. The summed E-state index contributed by atoms with van der Waals surface area (Å²) in [6.07, 6.45) is 1.32. The standard InChI is InChI=1S/C13H17BrO3/c1-3-4-9-16-13(15)10(2)17-12-7-5-11(14)6-8-12/h5-8,10H,3-4,9H2,1-2H3. The molecule has 17 heavy (non-hydrogen) atoms. The van der Waals surface area contributed by atoms with Crippen LogP contribution >= 0.6 is 15.9 Å². The molecule has 0 aliphatic heterocycles. The van der Waals surface area contributed by atoms with Crippen LogP contribution in [0.4, 0.5) is 0 Å². The lowest BCUT2D eigenvalue weighted by Gasteiger charge is -2.13. The van der Waals surface area contributed by atoms with Crippen LogP contribution in [0.2, 0.25) is 0 Å². The fraction of sp³-hybridized carbons (Fsp3) is 0.462. The van der Waals surface area contributed by atoms with Crippen LogP contribution in [0.3, 0.4) is 0 Å². The summed E-state index contributed by atoms with van der Waals surface area (Å²) < 4.78 is 11.5. The second kappa shape index (κ2) is 7.33. The zero-order valence-electron chi connectivity index (χ0n) is 10.1. The van der Waals surface area contributed by atoms with Crippen LogP contribution in [0.5, 0.6) is 5.75 Å². The van der Waals surface area contributed by atoms with E-state index < -0.39 is 6.10 Å². The lowest BCUT2D eigenvalue weighted by atomic mass is 10.3. The number of rotatable bonds is 6. The Kier molecular flexibility index (Phi) is 6.05. The number of ether oxygens (including phenoxy) is 2. The minimum atomic E-state index is -0.576. The smallest absolute Gasteiger partial charge is 0.347 e. The maximum atomic E-state index is 11.5. The minimum absolute atomic E-state index is 0.318. The van der Waals surface area contributed by atoms with Gasteiger partial charge in [0, 0.05) is 4.47 Å². The molecule has 1 rings (SSSR count). The quantitative estimate of drug-likeness (QED) is 0.595. The second-order valence-corrected chi connectivity index (χ2v) is 4.65. The normalized spacial score (nSPS) is 11.9. The number of benzene rings is 1. The number of hydrogen-bond donors (Lipinski definition) is 0. The predicted octanol–water partition coefficient (Wildman–Crippen LogP) is 3.56. The molecule has 0 heterocycles. The molecule has 1 aromatic rings.